The van der Waals surface area contributed by atoms with E-state index in [0.717, 1.165) is 28.1 Å². The van der Waals surface area contributed by atoms with Crippen molar-refractivity contribution in [2.45, 2.75) is 6.54 Å². The van der Waals surface area contributed by atoms with E-state index in [9.17, 15) is 9.18 Å². The van der Waals surface area contributed by atoms with Gasteiger partial charge in [0.25, 0.3) is 0 Å². The van der Waals surface area contributed by atoms with Crippen LogP contribution in [-0.4, -0.2) is 36.1 Å². The van der Waals surface area contributed by atoms with E-state index in [0.29, 0.717) is 19.6 Å². The summed E-state index contributed by atoms with van der Waals surface area (Å²) in [6.45, 7) is 1.83. The molecule has 142 valence electrons. The van der Waals surface area contributed by atoms with Gasteiger partial charge in [0.1, 0.15) is 5.75 Å². The molecule has 0 bridgehead atoms. The van der Waals surface area contributed by atoms with Gasteiger partial charge in [-0.3, -0.25) is 4.90 Å². The summed E-state index contributed by atoms with van der Waals surface area (Å²) < 4.78 is 18.6. The van der Waals surface area contributed by atoms with Gasteiger partial charge in [0, 0.05) is 37.6 Å². The molecule has 1 aliphatic rings. The lowest BCUT2D eigenvalue weighted by Crippen LogP contribution is -2.31. The molecule has 0 N–H and O–H groups in total. The molecular weight excluding hydrogens is 357 g/mol. The average molecular weight is 377 g/mol. The molecule has 5 nitrogen and oxygen atoms in total. The number of anilines is 1. The molecule has 2 aromatic carbocycles. The van der Waals surface area contributed by atoms with E-state index in [1.54, 1.807) is 18.1 Å². The molecular formula is C22H20FN3O2. The van der Waals surface area contributed by atoms with E-state index in [1.807, 2.05) is 53.4 Å². The molecule has 3 aromatic rings. The fourth-order valence-corrected chi connectivity index (χ4v) is 3.38. The second kappa shape index (κ2) is 7.68. The number of carbonyl (C=O) groups is 1. The first-order valence-corrected chi connectivity index (χ1v) is 9.05. The lowest BCUT2D eigenvalue weighted by molar-refractivity contribution is 0.218. The fourth-order valence-electron chi connectivity index (χ4n) is 3.38. The van der Waals surface area contributed by atoms with Gasteiger partial charge in [0.15, 0.2) is 0 Å². The second-order valence-corrected chi connectivity index (χ2v) is 6.62. The van der Waals surface area contributed by atoms with Crippen LogP contribution >= 0.6 is 0 Å². The summed E-state index contributed by atoms with van der Waals surface area (Å²) in [5.74, 6) is 0.272. The molecule has 2 amide bonds. The zero-order valence-electron chi connectivity index (χ0n) is 15.5. The minimum atomic E-state index is -0.510. The van der Waals surface area contributed by atoms with Crippen LogP contribution in [0.2, 0.25) is 0 Å². The Kier molecular flexibility index (Phi) is 4.93. The molecule has 28 heavy (non-hydrogen) atoms. The predicted molar refractivity (Wildman–Crippen MR) is 106 cm³/mol. The average Bonchev–Trinajstić information content (AvgIpc) is 3.08. The number of pyridine rings is 1. The minimum absolute atomic E-state index is 0.0227. The molecule has 6 heteroatoms. The monoisotopic (exact) mass is 377 g/mol. The molecule has 1 aromatic heterocycles. The van der Waals surface area contributed by atoms with Crippen LogP contribution in [0.5, 0.6) is 5.75 Å². The van der Waals surface area contributed by atoms with Crippen LogP contribution in [-0.2, 0) is 6.54 Å². The second-order valence-electron chi connectivity index (χ2n) is 6.62. The summed E-state index contributed by atoms with van der Waals surface area (Å²) in [7, 11) is 1.63. The van der Waals surface area contributed by atoms with Crippen LogP contribution in [0.1, 0.15) is 5.56 Å². The topological polar surface area (TPSA) is 45.7 Å². The minimum Gasteiger partial charge on any atom is -0.497 e. The van der Waals surface area contributed by atoms with Gasteiger partial charge in [0.05, 0.1) is 7.11 Å². The normalized spacial score (nSPS) is 13.9. The summed E-state index contributed by atoms with van der Waals surface area (Å²) >= 11 is 0. The number of methoxy groups -OCH3 is 1. The van der Waals surface area contributed by atoms with Crippen molar-refractivity contribution >= 4 is 11.7 Å². The van der Waals surface area contributed by atoms with Crippen LogP contribution in [0.4, 0.5) is 14.9 Å². The molecule has 0 spiro atoms. The zero-order chi connectivity index (χ0) is 19.5. The summed E-state index contributed by atoms with van der Waals surface area (Å²) in [5.41, 5.74) is 3.50. The first kappa shape index (κ1) is 18.0. The van der Waals surface area contributed by atoms with Gasteiger partial charge in [-0.15, -0.1) is 0 Å². The number of nitrogens with zero attached hydrogens (tertiary/aromatic N) is 3. The lowest BCUT2D eigenvalue weighted by Gasteiger charge is -2.19. The van der Waals surface area contributed by atoms with Crippen molar-refractivity contribution in [2.75, 3.05) is 25.1 Å². The Labute approximate surface area is 163 Å². The number of carbonyl (C=O) groups excluding carboxylic acids is 1. The number of halogens is 1. The third-order valence-electron chi connectivity index (χ3n) is 4.84. The molecule has 0 saturated carbocycles. The highest BCUT2D eigenvalue weighted by Gasteiger charge is 2.29. The number of ether oxygens (including phenoxy) is 1. The Morgan fingerprint density at radius 3 is 2.61 bits per heavy atom. The van der Waals surface area contributed by atoms with Gasteiger partial charge >= 0.3 is 6.03 Å². The summed E-state index contributed by atoms with van der Waals surface area (Å²) in [6.07, 6.45) is 1.44. The fraction of sp³-hybridized carbons (Fsp3) is 0.182. The Morgan fingerprint density at radius 1 is 1.04 bits per heavy atom. The summed E-state index contributed by atoms with van der Waals surface area (Å²) in [6, 6.07) is 18.4. The van der Waals surface area contributed by atoms with E-state index in [2.05, 4.69) is 4.98 Å². The van der Waals surface area contributed by atoms with Crippen molar-refractivity contribution in [2.24, 2.45) is 0 Å². The van der Waals surface area contributed by atoms with E-state index in [4.69, 9.17) is 4.74 Å². The summed E-state index contributed by atoms with van der Waals surface area (Å²) in [5, 5.41) is 0. The van der Waals surface area contributed by atoms with Crippen molar-refractivity contribution in [3.05, 3.63) is 78.4 Å². The SMILES string of the molecule is COc1cccc(CN2CCN(c3ccc(-c4ccnc(F)c4)cc3)C2=O)c1. The smallest absolute Gasteiger partial charge is 0.324 e. The highest BCUT2D eigenvalue weighted by Crippen LogP contribution is 2.26. The predicted octanol–water partition coefficient (Wildman–Crippen LogP) is 4.34. The Morgan fingerprint density at radius 2 is 1.86 bits per heavy atom. The van der Waals surface area contributed by atoms with E-state index in [1.165, 1.54) is 12.3 Å². The van der Waals surface area contributed by atoms with Crippen molar-refractivity contribution in [1.82, 2.24) is 9.88 Å². The van der Waals surface area contributed by atoms with Crippen molar-refractivity contribution in [1.29, 1.82) is 0 Å². The highest BCUT2D eigenvalue weighted by atomic mass is 19.1. The maximum atomic E-state index is 13.3. The molecule has 4 rings (SSSR count). The molecule has 0 radical (unpaired) electrons. The summed E-state index contributed by atoms with van der Waals surface area (Å²) in [4.78, 5) is 20.0. The van der Waals surface area contributed by atoms with Crippen molar-refractivity contribution in [3.63, 3.8) is 0 Å². The number of hydrogen-bond donors (Lipinski definition) is 0. The molecule has 0 unspecified atom stereocenters. The third kappa shape index (κ3) is 3.67. The molecule has 1 fully saturated rings. The molecule has 1 aliphatic heterocycles. The zero-order valence-corrected chi connectivity index (χ0v) is 15.5. The van der Waals surface area contributed by atoms with Gasteiger partial charge < -0.3 is 9.64 Å². The van der Waals surface area contributed by atoms with E-state index < -0.39 is 5.95 Å². The number of aromatic nitrogens is 1. The van der Waals surface area contributed by atoms with Gasteiger partial charge in [-0.25, -0.2) is 9.78 Å². The first-order chi connectivity index (χ1) is 13.6. The van der Waals surface area contributed by atoms with Crippen LogP contribution in [0.3, 0.4) is 0 Å². The first-order valence-electron chi connectivity index (χ1n) is 9.05. The van der Waals surface area contributed by atoms with Crippen LogP contribution < -0.4 is 9.64 Å². The van der Waals surface area contributed by atoms with E-state index in [-0.39, 0.29) is 6.03 Å². The van der Waals surface area contributed by atoms with Crippen LogP contribution in [0.25, 0.3) is 11.1 Å². The number of urea groups is 1. The molecule has 0 aliphatic carbocycles. The van der Waals surface area contributed by atoms with Gasteiger partial charge in [-0.1, -0.05) is 24.3 Å². The van der Waals surface area contributed by atoms with Crippen LogP contribution in [0.15, 0.2) is 66.9 Å². The quantitative estimate of drug-likeness (QED) is 0.622. The number of amides is 2. The van der Waals surface area contributed by atoms with Crippen molar-refractivity contribution < 1.29 is 13.9 Å². The number of rotatable bonds is 5. The van der Waals surface area contributed by atoms with Gasteiger partial charge in [-0.05, 0) is 47.0 Å². The maximum absolute atomic E-state index is 13.3. The van der Waals surface area contributed by atoms with Gasteiger partial charge in [0.2, 0.25) is 5.95 Å². The largest absolute Gasteiger partial charge is 0.497 e. The third-order valence-corrected chi connectivity index (χ3v) is 4.84. The lowest BCUT2D eigenvalue weighted by atomic mass is 10.1. The molecule has 2 heterocycles. The van der Waals surface area contributed by atoms with Gasteiger partial charge in [-0.2, -0.15) is 4.39 Å². The standard InChI is InChI=1S/C22H20FN3O2/c1-28-20-4-2-3-16(13-20)15-25-11-12-26(22(25)27)19-7-5-17(6-8-19)18-9-10-24-21(23)14-18/h2-10,13-14H,11-12,15H2,1H3. The van der Waals surface area contributed by atoms with Crippen LogP contribution in [0, 0.1) is 5.95 Å². The number of hydrogen-bond acceptors (Lipinski definition) is 3. The molecule has 0 atom stereocenters. The Hall–Kier alpha value is -3.41. The Bertz CT molecular complexity index is 991. The maximum Gasteiger partial charge on any atom is 0.324 e. The number of benzene rings is 2. The Balaban J connectivity index is 1.47. The molecule has 1 saturated heterocycles. The van der Waals surface area contributed by atoms with E-state index >= 15 is 0 Å². The highest BCUT2D eigenvalue weighted by molar-refractivity contribution is 5.94. The van der Waals surface area contributed by atoms with Crippen molar-refractivity contribution in [3.8, 4) is 16.9 Å².